The molecule has 0 N–H and O–H groups in total. The van der Waals surface area contributed by atoms with Crippen LogP contribution in [0.25, 0.3) is 0 Å². The molecular weight excluding hydrogens is 304 g/mol. The third-order valence-corrected chi connectivity index (χ3v) is 4.52. The summed E-state index contributed by atoms with van der Waals surface area (Å²) in [6.45, 7) is 2.22. The zero-order chi connectivity index (χ0) is 16.5. The second kappa shape index (κ2) is 9.41. The summed E-state index contributed by atoms with van der Waals surface area (Å²) in [4.78, 5) is 13.3. The standard InChI is InChI=1S/C20H24O2S/c1-3-4-5-6-7-16-8-10-17(11-9-16)20(21)22-18-12-14-19(23-2)15-13-18/h8-15H,3-7H2,1-2H3. The number of unbranched alkanes of at least 4 members (excludes halogenated alkanes) is 3. The van der Waals surface area contributed by atoms with Crippen LogP contribution in [0.5, 0.6) is 5.75 Å². The number of hydrogen-bond acceptors (Lipinski definition) is 3. The first-order valence-electron chi connectivity index (χ1n) is 8.18. The molecule has 2 rings (SSSR count). The van der Waals surface area contributed by atoms with Gasteiger partial charge >= 0.3 is 5.97 Å². The number of thioether (sulfide) groups is 1. The van der Waals surface area contributed by atoms with Crippen molar-refractivity contribution in [3.8, 4) is 5.75 Å². The van der Waals surface area contributed by atoms with E-state index in [0.29, 0.717) is 11.3 Å². The monoisotopic (exact) mass is 328 g/mol. The summed E-state index contributed by atoms with van der Waals surface area (Å²) >= 11 is 1.66. The Morgan fingerprint density at radius 3 is 2.26 bits per heavy atom. The van der Waals surface area contributed by atoms with Gasteiger partial charge in [0.05, 0.1) is 5.56 Å². The summed E-state index contributed by atoms with van der Waals surface area (Å²) in [5, 5.41) is 0. The van der Waals surface area contributed by atoms with E-state index in [1.165, 1.54) is 31.2 Å². The van der Waals surface area contributed by atoms with Gasteiger partial charge in [0.1, 0.15) is 5.75 Å². The van der Waals surface area contributed by atoms with Gasteiger partial charge in [0.2, 0.25) is 0 Å². The van der Waals surface area contributed by atoms with Crippen molar-refractivity contribution in [2.24, 2.45) is 0 Å². The maximum Gasteiger partial charge on any atom is 0.343 e. The molecule has 0 unspecified atom stereocenters. The number of hydrogen-bond donors (Lipinski definition) is 0. The van der Waals surface area contributed by atoms with E-state index in [-0.39, 0.29) is 5.97 Å². The van der Waals surface area contributed by atoms with Gasteiger partial charge in [-0.05, 0) is 61.1 Å². The average molecular weight is 328 g/mol. The molecule has 0 aliphatic rings. The summed E-state index contributed by atoms with van der Waals surface area (Å²) in [6, 6.07) is 15.3. The Kier molecular flexibility index (Phi) is 7.21. The molecule has 0 atom stereocenters. The minimum Gasteiger partial charge on any atom is -0.423 e. The number of ether oxygens (including phenoxy) is 1. The van der Waals surface area contributed by atoms with Gasteiger partial charge in [0, 0.05) is 4.90 Å². The topological polar surface area (TPSA) is 26.3 Å². The van der Waals surface area contributed by atoms with Crippen molar-refractivity contribution >= 4 is 17.7 Å². The Morgan fingerprint density at radius 1 is 0.957 bits per heavy atom. The second-order valence-electron chi connectivity index (χ2n) is 5.57. The summed E-state index contributed by atoms with van der Waals surface area (Å²) in [5.74, 6) is 0.274. The van der Waals surface area contributed by atoms with Crippen LogP contribution in [0.1, 0.15) is 48.5 Å². The Morgan fingerprint density at radius 2 is 1.65 bits per heavy atom. The lowest BCUT2D eigenvalue weighted by Crippen LogP contribution is -2.08. The Hall–Kier alpha value is -1.74. The van der Waals surface area contributed by atoms with Crippen molar-refractivity contribution in [3.63, 3.8) is 0 Å². The van der Waals surface area contributed by atoms with Crippen molar-refractivity contribution in [2.75, 3.05) is 6.26 Å². The lowest BCUT2D eigenvalue weighted by atomic mass is 10.0. The van der Waals surface area contributed by atoms with E-state index in [2.05, 4.69) is 6.92 Å². The van der Waals surface area contributed by atoms with Gasteiger partial charge in [-0.2, -0.15) is 0 Å². The number of aryl methyl sites for hydroxylation is 1. The first kappa shape index (κ1) is 17.6. The van der Waals surface area contributed by atoms with Gasteiger partial charge in [-0.25, -0.2) is 4.79 Å². The van der Waals surface area contributed by atoms with Crippen LogP contribution in [-0.2, 0) is 6.42 Å². The lowest BCUT2D eigenvalue weighted by molar-refractivity contribution is 0.0734. The molecule has 2 aromatic rings. The summed E-state index contributed by atoms with van der Waals surface area (Å²) < 4.78 is 5.40. The van der Waals surface area contributed by atoms with Gasteiger partial charge in [-0.1, -0.05) is 38.3 Å². The molecule has 0 saturated carbocycles. The minimum absolute atomic E-state index is 0.306. The Labute approximate surface area is 143 Å². The van der Waals surface area contributed by atoms with Gasteiger partial charge in [0.15, 0.2) is 0 Å². The normalized spacial score (nSPS) is 10.5. The lowest BCUT2D eigenvalue weighted by Gasteiger charge is -2.06. The van der Waals surface area contributed by atoms with Crippen molar-refractivity contribution in [1.29, 1.82) is 0 Å². The SMILES string of the molecule is CCCCCCc1ccc(C(=O)Oc2ccc(SC)cc2)cc1. The molecular formula is C20H24O2S. The Balaban J connectivity index is 1.88. The molecule has 2 nitrogen and oxygen atoms in total. The maximum absolute atomic E-state index is 12.2. The molecule has 0 bridgehead atoms. The largest absolute Gasteiger partial charge is 0.423 e. The average Bonchev–Trinajstić information content (AvgIpc) is 2.60. The molecule has 23 heavy (non-hydrogen) atoms. The van der Waals surface area contributed by atoms with Crippen LogP contribution in [0.3, 0.4) is 0 Å². The van der Waals surface area contributed by atoms with E-state index in [1.807, 2.05) is 54.8 Å². The predicted molar refractivity (Wildman–Crippen MR) is 97.5 cm³/mol. The fourth-order valence-electron chi connectivity index (χ4n) is 2.37. The molecule has 0 spiro atoms. The molecule has 0 amide bonds. The van der Waals surface area contributed by atoms with Gasteiger partial charge in [-0.3, -0.25) is 0 Å². The summed E-state index contributed by atoms with van der Waals surface area (Å²) in [6.07, 6.45) is 8.12. The maximum atomic E-state index is 12.2. The van der Waals surface area contributed by atoms with Crippen LogP contribution in [0.4, 0.5) is 0 Å². The van der Waals surface area contributed by atoms with Crippen LogP contribution in [-0.4, -0.2) is 12.2 Å². The third-order valence-electron chi connectivity index (χ3n) is 3.78. The van der Waals surface area contributed by atoms with Crippen LogP contribution < -0.4 is 4.74 Å². The second-order valence-corrected chi connectivity index (χ2v) is 6.45. The van der Waals surface area contributed by atoms with Crippen LogP contribution in [0, 0.1) is 0 Å². The van der Waals surface area contributed by atoms with Crippen molar-refractivity contribution in [3.05, 3.63) is 59.7 Å². The highest BCUT2D eigenvalue weighted by molar-refractivity contribution is 7.98. The van der Waals surface area contributed by atoms with Crippen molar-refractivity contribution in [1.82, 2.24) is 0 Å². The Bertz CT molecular complexity index is 603. The van der Waals surface area contributed by atoms with Gasteiger partial charge < -0.3 is 4.74 Å². The molecule has 0 radical (unpaired) electrons. The van der Waals surface area contributed by atoms with Gasteiger partial charge in [-0.15, -0.1) is 11.8 Å². The minimum atomic E-state index is -0.306. The number of carbonyl (C=O) groups excluding carboxylic acids is 1. The zero-order valence-electron chi connectivity index (χ0n) is 13.9. The first-order valence-corrected chi connectivity index (χ1v) is 9.40. The molecule has 0 aliphatic carbocycles. The molecule has 0 aliphatic heterocycles. The van der Waals surface area contributed by atoms with E-state index in [4.69, 9.17) is 4.74 Å². The molecule has 0 saturated heterocycles. The quantitative estimate of drug-likeness (QED) is 0.267. The van der Waals surface area contributed by atoms with E-state index in [9.17, 15) is 4.79 Å². The molecule has 122 valence electrons. The smallest absolute Gasteiger partial charge is 0.343 e. The molecule has 3 heteroatoms. The van der Waals surface area contributed by atoms with Crippen LogP contribution in [0.15, 0.2) is 53.4 Å². The number of carbonyl (C=O) groups is 1. The predicted octanol–water partition coefficient (Wildman–Crippen LogP) is 5.75. The molecule has 0 aromatic heterocycles. The van der Waals surface area contributed by atoms with E-state index < -0.39 is 0 Å². The molecule has 2 aromatic carbocycles. The van der Waals surface area contributed by atoms with Crippen molar-refractivity contribution < 1.29 is 9.53 Å². The summed E-state index contributed by atoms with van der Waals surface area (Å²) in [5.41, 5.74) is 1.87. The van der Waals surface area contributed by atoms with E-state index >= 15 is 0 Å². The number of esters is 1. The number of benzene rings is 2. The first-order chi connectivity index (χ1) is 11.2. The highest BCUT2D eigenvalue weighted by Crippen LogP contribution is 2.20. The highest BCUT2D eigenvalue weighted by atomic mass is 32.2. The van der Waals surface area contributed by atoms with Crippen LogP contribution in [0.2, 0.25) is 0 Å². The van der Waals surface area contributed by atoms with E-state index in [1.54, 1.807) is 11.8 Å². The fraction of sp³-hybridized carbons (Fsp3) is 0.350. The molecule has 0 heterocycles. The third kappa shape index (κ3) is 5.76. The van der Waals surface area contributed by atoms with E-state index in [0.717, 1.165) is 11.3 Å². The highest BCUT2D eigenvalue weighted by Gasteiger charge is 2.08. The van der Waals surface area contributed by atoms with Crippen LogP contribution >= 0.6 is 11.8 Å². The van der Waals surface area contributed by atoms with Crippen molar-refractivity contribution in [2.45, 2.75) is 43.9 Å². The number of rotatable bonds is 8. The zero-order valence-corrected chi connectivity index (χ0v) is 14.7. The van der Waals surface area contributed by atoms with Gasteiger partial charge in [0.25, 0.3) is 0 Å². The summed E-state index contributed by atoms with van der Waals surface area (Å²) in [7, 11) is 0. The molecule has 0 fully saturated rings. The fourth-order valence-corrected chi connectivity index (χ4v) is 2.78.